The molecular weight excluding hydrogens is 376 g/mol. The van der Waals surface area contributed by atoms with Gasteiger partial charge in [-0.05, 0) is 50.3 Å². The van der Waals surface area contributed by atoms with Crippen LogP contribution < -0.4 is 5.32 Å². The minimum absolute atomic E-state index is 0.0559. The monoisotopic (exact) mass is 400 g/mol. The summed E-state index contributed by atoms with van der Waals surface area (Å²) in [4.78, 5) is 12.8. The first-order valence-electron chi connectivity index (χ1n) is 9.03. The van der Waals surface area contributed by atoms with Crippen molar-refractivity contribution in [3.05, 3.63) is 28.8 Å². The summed E-state index contributed by atoms with van der Waals surface area (Å²) >= 11 is 6.09. The number of amides is 1. The molecule has 0 saturated carbocycles. The summed E-state index contributed by atoms with van der Waals surface area (Å²) in [6.07, 6.45) is 2.99. The van der Waals surface area contributed by atoms with Crippen LogP contribution in [0.5, 0.6) is 0 Å². The molecule has 0 radical (unpaired) electrons. The highest BCUT2D eigenvalue weighted by molar-refractivity contribution is 7.89. The number of hydrogen-bond donors (Lipinski definition) is 1. The number of sulfonamides is 1. The van der Waals surface area contributed by atoms with E-state index in [1.807, 2.05) is 0 Å². The van der Waals surface area contributed by atoms with Crippen LogP contribution in [0.4, 0.5) is 0 Å². The molecule has 2 saturated heterocycles. The van der Waals surface area contributed by atoms with Gasteiger partial charge in [0.2, 0.25) is 15.9 Å². The first-order valence-corrected chi connectivity index (χ1v) is 10.8. The molecule has 1 aromatic carbocycles. The van der Waals surface area contributed by atoms with E-state index in [2.05, 4.69) is 5.32 Å². The van der Waals surface area contributed by atoms with Gasteiger partial charge in [-0.2, -0.15) is 4.31 Å². The fourth-order valence-corrected chi connectivity index (χ4v) is 5.54. The lowest BCUT2D eigenvalue weighted by Gasteiger charge is -2.33. The molecule has 2 aliphatic heterocycles. The number of nitrogens with zero attached hydrogens (tertiary/aromatic N) is 1. The molecule has 0 aromatic heterocycles. The van der Waals surface area contributed by atoms with Crippen LogP contribution in [0.25, 0.3) is 0 Å². The van der Waals surface area contributed by atoms with E-state index in [4.69, 9.17) is 16.3 Å². The third kappa shape index (κ3) is 4.22. The second-order valence-corrected chi connectivity index (χ2v) is 9.27. The largest absolute Gasteiger partial charge is 0.381 e. The van der Waals surface area contributed by atoms with Gasteiger partial charge in [0.15, 0.2) is 0 Å². The Balaban J connectivity index is 1.71. The van der Waals surface area contributed by atoms with Gasteiger partial charge in [0.1, 0.15) is 0 Å². The Morgan fingerprint density at radius 1 is 1.27 bits per heavy atom. The average Bonchev–Trinajstić information content (AvgIpc) is 2.64. The van der Waals surface area contributed by atoms with Gasteiger partial charge in [-0.25, -0.2) is 8.42 Å². The lowest BCUT2D eigenvalue weighted by atomic mass is 9.97. The summed E-state index contributed by atoms with van der Waals surface area (Å²) in [6.45, 7) is 3.65. The van der Waals surface area contributed by atoms with Crippen molar-refractivity contribution in [1.29, 1.82) is 0 Å². The number of ether oxygens (including phenoxy) is 1. The molecule has 2 heterocycles. The third-order valence-electron chi connectivity index (χ3n) is 5.16. The number of piperidine rings is 1. The van der Waals surface area contributed by atoms with Gasteiger partial charge in [0, 0.05) is 37.4 Å². The summed E-state index contributed by atoms with van der Waals surface area (Å²) in [5.41, 5.74) is 0.544. The van der Waals surface area contributed by atoms with Crippen molar-refractivity contribution < 1.29 is 17.9 Å². The van der Waals surface area contributed by atoms with Gasteiger partial charge >= 0.3 is 0 Å². The van der Waals surface area contributed by atoms with Crippen LogP contribution in [0.1, 0.15) is 31.2 Å². The number of carbonyl (C=O) groups is 1. The standard InChI is InChI=1S/C18H25ClN2O4S/c1-13-16(19)5-2-6-17(13)26(23,24)21-9-3-4-14(12-21)18(22)20-15-7-10-25-11-8-15/h2,5-6,14-15H,3-4,7-12H2,1H3,(H,20,22). The summed E-state index contributed by atoms with van der Waals surface area (Å²) in [5.74, 6) is -0.375. The van der Waals surface area contributed by atoms with Crippen LogP contribution in [0.2, 0.25) is 5.02 Å². The lowest BCUT2D eigenvalue weighted by molar-refractivity contribution is -0.127. The third-order valence-corrected chi connectivity index (χ3v) is 7.58. The Bertz CT molecular complexity index is 762. The van der Waals surface area contributed by atoms with E-state index in [1.54, 1.807) is 25.1 Å². The quantitative estimate of drug-likeness (QED) is 0.841. The van der Waals surface area contributed by atoms with Crippen molar-refractivity contribution in [2.45, 2.75) is 43.5 Å². The van der Waals surface area contributed by atoms with E-state index in [0.717, 1.165) is 12.8 Å². The molecule has 8 heteroatoms. The molecule has 3 rings (SSSR count). The van der Waals surface area contributed by atoms with Crippen molar-refractivity contribution in [2.24, 2.45) is 5.92 Å². The molecule has 1 unspecified atom stereocenters. The second-order valence-electron chi connectivity index (χ2n) is 6.96. The molecule has 144 valence electrons. The van der Waals surface area contributed by atoms with Crippen molar-refractivity contribution in [3.63, 3.8) is 0 Å². The zero-order valence-corrected chi connectivity index (χ0v) is 16.5. The van der Waals surface area contributed by atoms with Gasteiger partial charge in [0.05, 0.1) is 10.8 Å². The smallest absolute Gasteiger partial charge is 0.243 e. The molecule has 2 fully saturated rings. The van der Waals surface area contributed by atoms with Crippen LogP contribution in [0.15, 0.2) is 23.1 Å². The number of hydrogen-bond acceptors (Lipinski definition) is 4. The number of rotatable bonds is 4. The van der Waals surface area contributed by atoms with Crippen LogP contribution in [-0.2, 0) is 19.6 Å². The van der Waals surface area contributed by atoms with Crippen LogP contribution in [0, 0.1) is 12.8 Å². The Kier molecular flexibility index (Phi) is 6.22. The molecule has 6 nitrogen and oxygen atoms in total. The predicted octanol–water partition coefficient (Wildman–Crippen LogP) is 2.34. The number of nitrogens with one attached hydrogen (secondary N) is 1. The average molecular weight is 401 g/mol. The van der Waals surface area contributed by atoms with Crippen molar-refractivity contribution in [1.82, 2.24) is 9.62 Å². The maximum atomic E-state index is 13.0. The molecule has 26 heavy (non-hydrogen) atoms. The van der Waals surface area contributed by atoms with E-state index < -0.39 is 10.0 Å². The van der Waals surface area contributed by atoms with E-state index in [9.17, 15) is 13.2 Å². The normalized spacial score (nSPS) is 22.9. The highest BCUT2D eigenvalue weighted by Crippen LogP contribution is 2.29. The molecule has 1 aromatic rings. The molecule has 1 atom stereocenters. The van der Waals surface area contributed by atoms with Gasteiger partial charge in [-0.3, -0.25) is 4.79 Å². The first-order chi connectivity index (χ1) is 12.4. The SMILES string of the molecule is Cc1c(Cl)cccc1S(=O)(=O)N1CCCC(C(=O)NC2CCOCC2)C1. The molecule has 0 aliphatic carbocycles. The van der Waals surface area contributed by atoms with Crippen LogP contribution in [-0.4, -0.2) is 51.0 Å². The first kappa shape index (κ1) is 19.6. The van der Waals surface area contributed by atoms with Crippen molar-refractivity contribution in [3.8, 4) is 0 Å². The lowest BCUT2D eigenvalue weighted by Crippen LogP contribution is -2.48. The zero-order valence-electron chi connectivity index (χ0n) is 14.9. The maximum absolute atomic E-state index is 13.0. The second kappa shape index (κ2) is 8.25. The molecule has 2 aliphatic rings. The summed E-state index contributed by atoms with van der Waals surface area (Å²) < 4.78 is 32.8. The Hall–Kier alpha value is -1.15. The Labute approximate surface area is 159 Å². The van der Waals surface area contributed by atoms with Gasteiger partial charge in [0.25, 0.3) is 0 Å². The fourth-order valence-electron chi connectivity index (χ4n) is 3.54. The molecule has 1 N–H and O–H groups in total. The van der Waals surface area contributed by atoms with Crippen molar-refractivity contribution in [2.75, 3.05) is 26.3 Å². The van der Waals surface area contributed by atoms with Gasteiger partial charge in [-0.1, -0.05) is 17.7 Å². The van der Waals surface area contributed by atoms with Crippen LogP contribution in [0.3, 0.4) is 0 Å². The van der Waals surface area contributed by atoms with E-state index in [-0.39, 0.29) is 29.3 Å². The zero-order chi connectivity index (χ0) is 18.7. The number of halogens is 1. The molecule has 0 spiro atoms. The minimum atomic E-state index is -3.67. The van der Waals surface area contributed by atoms with E-state index in [1.165, 1.54) is 4.31 Å². The van der Waals surface area contributed by atoms with E-state index in [0.29, 0.717) is 43.2 Å². The van der Waals surface area contributed by atoms with Gasteiger partial charge < -0.3 is 10.1 Å². The molecule has 0 bridgehead atoms. The minimum Gasteiger partial charge on any atom is -0.381 e. The summed E-state index contributed by atoms with van der Waals surface area (Å²) in [5, 5.41) is 3.49. The molecule has 1 amide bonds. The summed E-state index contributed by atoms with van der Waals surface area (Å²) in [6, 6.07) is 5.01. The summed E-state index contributed by atoms with van der Waals surface area (Å²) in [7, 11) is -3.67. The topological polar surface area (TPSA) is 75.7 Å². The van der Waals surface area contributed by atoms with Crippen LogP contribution >= 0.6 is 11.6 Å². The van der Waals surface area contributed by atoms with Crippen molar-refractivity contribution >= 4 is 27.5 Å². The maximum Gasteiger partial charge on any atom is 0.243 e. The fraction of sp³-hybridized carbons (Fsp3) is 0.611. The van der Waals surface area contributed by atoms with E-state index >= 15 is 0 Å². The Morgan fingerprint density at radius 3 is 2.73 bits per heavy atom. The predicted molar refractivity (Wildman–Crippen MR) is 99.7 cm³/mol. The number of carbonyl (C=O) groups excluding carboxylic acids is 1. The highest BCUT2D eigenvalue weighted by Gasteiger charge is 2.34. The van der Waals surface area contributed by atoms with Gasteiger partial charge in [-0.15, -0.1) is 0 Å². The number of benzene rings is 1. The highest BCUT2D eigenvalue weighted by atomic mass is 35.5. The Morgan fingerprint density at radius 2 is 2.00 bits per heavy atom. The molecular formula is C18H25ClN2O4S.